The molecule has 0 radical (unpaired) electrons. The van der Waals surface area contributed by atoms with Gasteiger partial charge in [0.25, 0.3) is 0 Å². The van der Waals surface area contributed by atoms with Crippen molar-refractivity contribution >= 4 is 17.7 Å². The number of carboxylic acids is 1. The summed E-state index contributed by atoms with van der Waals surface area (Å²) in [5.74, 6) is -0.341. The van der Waals surface area contributed by atoms with Gasteiger partial charge in [-0.05, 0) is 82.6 Å². The SMILES string of the molecule is O=C(O)CC1CCN(CCCCC2CN(C3CCN(c4ccncc4)CC3)C(=O)O2)CC1. The van der Waals surface area contributed by atoms with Gasteiger partial charge in [0.1, 0.15) is 6.10 Å². The number of carbonyl (C=O) groups is 2. The molecule has 3 aliphatic rings. The van der Waals surface area contributed by atoms with Crippen molar-refractivity contribution in [3.05, 3.63) is 24.5 Å². The van der Waals surface area contributed by atoms with E-state index in [1.54, 1.807) is 0 Å². The van der Waals surface area contributed by atoms with Gasteiger partial charge in [-0.25, -0.2) is 4.79 Å². The van der Waals surface area contributed by atoms with Crippen molar-refractivity contribution in [1.82, 2.24) is 14.8 Å². The van der Waals surface area contributed by atoms with E-state index in [0.717, 1.165) is 84.2 Å². The first-order valence-electron chi connectivity index (χ1n) is 12.1. The third kappa shape index (κ3) is 6.12. The molecular weight excluding hydrogens is 408 g/mol. The Bertz CT molecular complexity index is 746. The van der Waals surface area contributed by atoms with E-state index in [-0.39, 0.29) is 18.2 Å². The second-order valence-electron chi connectivity index (χ2n) is 9.46. The van der Waals surface area contributed by atoms with Gasteiger partial charge in [0.05, 0.1) is 6.54 Å². The summed E-state index contributed by atoms with van der Waals surface area (Å²) in [6, 6.07) is 4.36. The van der Waals surface area contributed by atoms with E-state index >= 15 is 0 Å². The first-order chi connectivity index (χ1) is 15.6. The number of pyridine rings is 1. The van der Waals surface area contributed by atoms with Gasteiger partial charge in [0.2, 0.25) is 0 Å². The first-order valence-corrected chi connectivity index (χ1v) is 12.1. The fourth-order valence-electron chi connectivity index (χ4n) is 5.35. The Balaban J connectivity index is 1.11. The molecule has 0 bridgehead atoms. The maximum Gasteiger partial charge on any atom is 0.410 e. The second-order valence-corrected chi connectivity index (χ2v) is 9.46. The molecule has 8 nitrogen and oxygen atoms in total. The van der Waals surface area contributed by atoms with Crippen molar-refractivity contribution in [3.63, 3.8) is 0 Å². The van der Waals surface area contributed by atoms with E-state index in [9.17, 15) is 9.59 Å². The van der Waals surface area contributed by atoms with Crippen molar-refractivity contribution < 1.29 is 19.4 Å². The van der Waals surface area contributed by atoms with Gasteiger partial charge in [0.15, 0.2) is 0 Å². The van der Waals surface area contributed by atoms with Crippen LogP contribution in [-0.4, -0.2) is 83.4 Å². The van der Waals surface area contributed by atoms with Crippen molar-refractivity contribution in [1.29, 1.82) is 0 Å². The van der Waals surface area contributed by atoms with E-state index in [1.807, 2.05) is 29.4 Å². The summed E-state index contributed by atoms with van der Waals surface area (Å²) in [6.45, 7) is 5.68. The maximum absolute atomic E-state index is 12.5. The molecule has 0 aliphatic carbocycles. The lowest BCUT2D eigenvalue weighted by Crippen LogP contribution is -2.45. The molecule has 3 saturated heterocycles. The zero-order valence-corrected chi connectivity index (χ0v) is 18.9. The quantitative estimate of drug-likeness (QED) is 0.585. The minimum absolute atomic E-state index is 0.0158. The molecule has 1 unspecified atom stereocenters. The van der Waals surface area contributed by atoms with Crippen molar-refractivity contribution in [3.8, 4) is 0 Å². The third-order valence-corrected chi connectivity index (χ3v) is 7.26. The standard InChI is InChI=1S/C24H36N4O4/c29-23(30)17-19-6-13-26(14-7-19)12-2-1-3-22-18-28(24(31)32-22)21-8-15-27(16-9-21)20-4-10-25-11-5-20/h4-5,10-11,19,21-22H,1-3,6-9,12-18H2,(H,29,30). The number of ether oxygens (including phenoxy) is 1. The van der Waals surface area contributed by atoms with Crippen LogP contribution in [0.2, 0.25) is 0 Å². The smallest absolute Gasteiger partial charge is 0.410 e. The third-order valence-electron chi connectivity index (χ3n) is 7.26. The number of unbranched alkanes of at least 4 members (excludes halogenated alkanes) is 1. The molecule has 3 aliphatic heterocycles. The van der Waals surface area contributed by atoms with Crippen LogP contribution < -0.4 is 4.90 Å². The lowest BCUT2D eigenvalue weighted by Gasteiger charge is -2.36. The number of amides is 1. The molecule has 32 heavy (non-hydrogen) atoms. The van der Waals surface area contributed by atoms with Crippen LogP contribution in [0, 0.1) is 5.92 Å². The van der Waals surface area contributed by atoms with E-state index in [2.05, 4.69) is 14.8 Å². The molecule has 1 aromatic heterocycles. The van der Waals surface area contributed by atoms with Crippen LogP contribution in [0.4, 0.5) is 10.5 Å². The number of likely N-dealkylation sites (tertiary alicyclic amines) is 1. The van der Waals surface area contributed by atoms with E-state index < -0.39 is 5.97 Å². The summed E-state index contributed by atoms with van der Waals surface area (Å²) in [4.78, 5) is 34.2. The highest BCUT2D eigenvalue weighted by molar-refractivity contribution is 5.70. The molecule has 1 atom stereocenters. The van der Waals surface area contributed by atoms with Gasteiger partial charge in [0, 0.05) is 43.6 Å². The van der Waals surface area contributed by atoms with Crippen molar-refractivity contribution in [2.75, 3.05) is 44.2 Å². The second kappa shape index (κ2) is 11.0. The lowest BCUT2D eigenvalue weighted by molar-refractivity contribution is -0.138. The van der Waals surface area contributed by atoms with Crippen LogP contribution in [0.15, 0.2) is 24.5 Å². The number of anilines is 1. The summed E-state index contributed by atoms with van der Waals surface area (Å²) < 4.78 is 5.68. The first kappa shape index (κ1) is 22.8. The van der Waals surface area contributed by atoms with Crippen LogP contribution in [0.5, 0.6) is 0 Å². The van der Waals surface area contributed by atoms with Crippen LogP contribution in [-0.2, 0) is 9.53 Å². The molecule has 1 N–H and O–H groups in total. The predicted octanol–water partition coefficient (Wildman–Crippen LogP) is 3.23. The van der Waals surface area contributed by atoms with Gasteiger partial charge < -0.3 is 24.5 Å². The fraction of sp³-hybridized carbons (Fsp3) is 0.708. The van der Waals surface area contributed by atoms with Gasteiger partial charge in [-0.3, -0.25) is 9.78 Å². The summed E-state index contributed by atoms with van der Waals surface area (Å²) in [5.41, 5.74) is 1.20. The number of rotatable bonds is 9. The van der Waals surface area contributed by atoms with Gasteiger partial charge in [-0.15, -0.1) is 0 Å². The van der Waals surface area contributed by atoms with Crippen molar-refractivity contribution in [2.24, 2.45) is 5.92 Å². The highest BCUT2D eigenvalue weighted by Gasteiger charge is 2.37. The molecule has 8 heteroatoms. The number of hydrogen-bond acceptors (Lipinski definition) is 6. The number of hydrogen-bond donors (Lipinski definition) is 1. The van der Waals surface area contributed by atoms with Gasteiger partial charge in [-0.2, -0.15) is 0 Å². The normalized spacial score (nSPS) is 23.5. The van der Waals surface area contributed by atoms with Crippen LogP contribution >= 0.6 is 0 Å². The average molecular weight is 445 g/mol. The molecule has 4 heterocycles. The van der Waals surface area contributed by atoms with Crippen LogP contribution in [0.1, 0.15) is 51.4 Å². The zero-order valence-electron chi connectivity index (χ0n) is 18.9. The number of piperidine rings is 2. The van der Waals surface area contributed by atoms with Gasteiger partial charge >= 0.3 is 12.1 Å². The molecule has 0 aromatic carbocycles. The van der Waals surface area contributed by atoms with Gasteiger partial charge in [-0.1, -0.05) is 0 Å². The van der Waals surface area contributed by atoms with Crippen molar-refractivity contribution in [2.45, 2.75) is 63.5 Å². The minimum atomic E-state index is -0.678. The fourth-order valence-corrected chi connectivity index (χ4v) is 5.35. The summed E-state index contributed by atoms with van der Waals surface area (Å²) in [7, 11) is 0. The minimum Gasteiger partial charge on any atom is -0.481 e. The molecule has 4 rings (SSSR count). The zero-order chi connectivity index (χ0) is 22.3. The molecular formula is C24H36N4O4. The monoisotopic (exact) mass is 444 g/mol. The van der Waals surface area contributed by atoms with E-state index in [1.165, 1.54) is 5.69 Å². The largest absolute Gasteiger partial charge is 0.481 e. The highest BCUT2D eigenvalue weighted by atomic mass is 16.6. The number of carbonyl (C=O) groups excluding carboxylic acids is 1. The summed E-state index contributed by atoms with van der Waals surface area (Å²) in [6.07, 6.45) is 10.8. The Labute approximate surface area is 190 Å². The Morgan fingerprint density at radius 2 is 1.78 bits per heavy atom. The van der Waals surface area contributed by atoms with Crippen LogP contribution in [0.25, 0.3) is 0 Å². The predicted molar refractivity (Wildman–Crippen MR) is 122 cm³/mol. The molecule has 1 amide bonds. The summed E-state index contributed by atoms with van der Waals surface area (Å²) in [5, 5.41) is 8.93. The summed E-state index contributed by atoms with van der Waals surface area (Å²) >= 11 is 0. The number of aromatic nitrogens is 1. The topological polar surface area (TPSA) is 86.2 Å². The highest BCUT2D eigenvalue weighted by Crippen LogP contribution is 2.27. The molecule has 0 spiro atoms. The number of cyclic esters (lactones) is 1. The molecule has 3 fully saturated rings. The maximum atomic E-state index is 12.5. The Morgan fingerprint density at radius 1 is 1.06 bits per heavy atom. The Morgan fingerprint density at radius 3 is 2.47 bits per heavy atom. The lowest BCUT2D eigenvalue weighted by atomic mass is 9.93. The molecule has 176 valence electrons. The number of carboxylic acid groups (broad SMARTS) is 1. The number of nitrogens with zero attached hydrogens (tertiary/aromatic N) is 4. The number of aliphatic carboxylic acids is 1. The Hall–Kier alpha value is -2.35. The van der Waals surface area contributed by atoms with E-state index in [4.69, 9.17) is 9.84 Å². The van der Waals surface area contributed by atoms with E-state index in [0.29, 0.717) is 12.3 Å². The Kier molecular flexibility index (Phi) is 7.84. The average Bonchev–Trinajstić information content (AvgIpc) is 3.18. The molecule has 1 aromatic rings. The van der Waals surface area contributed by atoms with Crippen LogP contribution in [0.3, 0.4) is 0 Å². The molecule has 0 saturated carbocycles.